The van der Waals surface area contributed by atoms with Crippen LogP contribution in [-0.2, 0) is 0 Å². The molecule has 0 amide bonds. The summed E-state index contributed by atoms with van der Waals surface area (Å²) in [7, 11) is 2.25. The molecule has 2 rings (SSSR count). The monoisotopic (exact) mass is 211 g/mol. The highest BCUT2D eigenvalue weighted by molar-refractivity contribution is 4.84. The van der Waals surface area contributed by atoms with Crippen molar-refractivity contribution < 1.29 is 0 Å². The Kier molecular flexibility index (Phi) is 3.65. The van der Waals surface area contributed by atoms with Gasteiger partial charge in [-0.3, -0.25) is 0 Å². The fourth-order valence-corrected chi connectivity index (χ4v) is 2.84. The first-order valence-electron chi connectivity index (χ1n) is 6.37. The van der Waals surface area contributed by atoms with Gasteiger partial charge in [0, 0.05) is 26.2 Å². The van der Waals surface area contributed by atoms with E-state index in [1.807, 2.05) is 0 Å². The molecule has 0 aromatic carbocycles. The molecule has 2 saturated heterocycles. The van der Waals surface area contributed by atoms with Crippen molar-refractivity contribution in [1.29, 1.82) is 0 Å². The topological polar surface area (TPSA) is 18.5 Å². The Morgan fingerprint density at radius 2 is 1.80 bits per heavy atom. The van der Waals surface area contributed by atoms with E-state index >= 15 is 0 Å². The van der Waals surface area contributed by atoms with E-state index in [1.54, 1.807) is 0 Å². The van der Waals surface area contributed by atoms with E-state index < -0.39 is 0 Å². The molecule has 1 atom stereocenters. The van der Waals surface area contributed by atoms with Crippen molar-refractivity contribution >= 4 is 0 Å². The molecule has 88 valence electrons. The molecule has 0 bridgehead atoms. The summed E-state index contributed by atoms with van der Waals surface area (Å²) in [6.07, 6.45) is 2.63. The van der Waals surface area contributed by atoms with E-state index in [1.165, 1.54) is 39.0 Å². The van der Waals surface area contributed by atoms with Crippen molar-refractivity contribution in [2.24, 2.45) is 11.8 Å². The fraction of sp³-hybridized carbons (Fsp3) is 1.00. The lowest BCUT2D eigenvalue weighted by atomic mass is 9.96. The minimum Gasteiger partial charge on any atom is -0.317 e. The van der Waals surface area contributed by atoms with Gasteiger partial charge < -0.3 is 5.32 Å². The highest BCUT2D eigenvalue weighted by Crippen LogP contribution is 2.26. The standard InChI is InChI=1S/C12H25N3/c1-10(2)11-8-14(3)15(9-11)12-4-6-13-7-5-12/h10-13H,4-9H2,1-3H3. The zero-order valence-corrected chi connectivity index (χ0v) is 10.4. The molecular formula is C12H25N3. The quantitative estimate of drug-likeness (QED) is 0.740. The molecule has 1 unspecified atom stereocenters. The summed E-state index contributed by atoms with van der Waals surface area (Å²) < 4.78 is 0. The lowest BCUT2D eigenvalue weighted by molar-refractivity contribution is -0.00236. The molecule has 0 spiro atoms. The molecule has 2 fully saturated rings. The van der Waals surface area contributed by atoms with Crippen molar-refractivity contribution in [3.63, 3.8) is 0 Å². The van der Waals surface area contributed by atoms with Gasteiger partial charge in [-0.2, -0.15) is 0 Å². The Labute approximate surface area is 93.8 Å². The highest BCUT2D eigenvalue weighted by atomic mass is 15.6. The Balaban J connectivity index is 1.91. The SMILES string of the molecule is CC(C)C1CN(C)N(C2CCNCC2)C1. The lowest BCUT2D eigenvalue weighted by Crippen LogP contribution is -2.47. The third-order valence-corrected chi connectivity index (χ3v) is 4.03. The van der Waals surface area contributed by atoms with Crippen LogP contribution >= 0.6 is 0 Å². The van der Waals surface area contributed by atoms with Crippen LogP contribution in [0, 0.1) is 11.8 Å². The van der Waals surface area contributed by atoms with Crippen LogP contribution in [0.5, 0.6) is 0 Å². The fourth-order valence-electron chi connectivity index (χ4n) is 2.84. The maximum atomic E-state index is 3.44. The molecule has 0 aromatic rings. The first-order valence-corrected chi connectivity index (χ1v) is 6.37. The van der Waals surface area contributed by atoms with E-state index in [0.29, 0.717) is 0 Å². The minimum absolute atomic E-state index is 0.792. The van der Waals surface area contributed by atoms with Gasteiger partial charge in [0.1, 0.15) is 0 Å². The molecule has 15 heavy (non-hydrogen) atoms. The average Bonchev–Trinajstić information content (AvgIpc) is 2.62. The summed E-state index contributed by atoms with van der Waals surface area (Å²) in [6.45, 7) is 9.62. The van der Waals surface area contributed by atoms with Gasteiger partial charge >= 0.3 is 0 Å². The predicted octanol–water partition coefficient (Wildman–Crippen LogP) is 1.17. The average molecular weight is 211 g/mol. The van der Waals surface area contributed by atoms with Crippen molar-refractivity contribution in [3.05, 3.63) is 0 Å². The van der Waals surface area contributed by atoms with Crippen LogP contribution < -0.4 is 5.32 Å². The number of nitrogens with one attached hydrogen (secondary N) is 1. The van der Waals surface area contributed by atoms with Crippen LogP contribution in [0.15, 0.2) is 0 Å². The zero-order valence-electron chi connectivity index (χ0n) is 10.4. The highest BCUT2D eigenvalue weighted by Gasteiger charge is 2.34. The van der Waals surface area contributed by atoms with E-state index in [-0.39, 0.29) is 0 Å². The second-order valence-corrected chi connectivity index (χ2v) is 5.45. The van der Waals surface area contributed by atoms with Crippen molar-refractivity contribution in [1.82, 2.24) is 15.3 Å². The number of hydrogen-bond acceptors (Lipinski definition) is 3. The minimum atomic E-state index is 0.792. The molecule has 1 N–H and O–H groups in total. The molecule has 3 nitrogen and oxygen atoms in total. The Hall–Kier alpha value is -0.120. The molecule has 0 radical (unpaired) electrons. The summed E-state index contributed by atoms with van der Waals surface area (Å²) in [5.41, 5.74) is 0. The summed E-state index contributed by atoms with van der Waals surface area (Å²) >= 11 is 0. The summed E-state index contributed by atoms with van der Waals surface area (Å²) in [6, 6.07) is 0.792. The summed E-state index contributed by atoms with van der Waals surface area (Å²) in [5, 5.41) is 8.52. The van der Waals surface area contributed by atoms with Gasteiger partial charge in [-0.05, 0) is 37.8 Å². The van der Waals surface area contributed by atoms with Crippen LogP contribution in [0.4, 0.5) is 0 Å². The molecule has 0 saturated carbocycles. The van der Waals surface area contributed by atoms with Crippen LogP contribution in [-0.4, -0.2) is 49.3 Å². The van der Waals surface area contributed by atoms with E-state index in [2.05, 4.69) is 36.2 Å². The molecule has 0 aliphatic carbocycles. The van der Waals surface area contributed by atoms with Crippen LogP contribution in [0.3, 0.4) is 0 Å². The Bertz CT molecular complexity index is 199. The molecule has 0 aromatic heterocycles. The number of rotatable bonds is 2. The van der Waals surface area contributed by atoms with Crippen molar-refractivity contribution in [3.8, 4) is 0 Å². The van der Waals surface area contributed by atoms with Gasteiger partial charge in [0.25, 0.3) is 0 Å². The number of nitrogens with zero attached hydrogens (tertiary/aromatic N) is 2. The molecule has 2 aliphatic heterocycles. The third kappa shape index (κ3) is 2.52. The van der Waals surface area contributed by atoms with Crippen LogP contribution in [0.25, 0.3) is 0 Å². The Morgan fingerprint density at radius 1 is 1.13 bits per heavy atom. The third-order valence-electron chi connectivity index (χ3n) is 4.03. The first-order chi connectivity index (χ1) is 7.18. The first kappa shape index (κ1) is 11.4. The summed E-state index contributed by atoms with van der Waals surface area (Å²) in [4.78, 5) is 0. The maximum absolute atomic E-state index is 3.44. The van der Waals surface area contributed by atoms with Gasteiger partial charge in [-0.1, -0.05) is 13.8 Å². The van der Waals surface area contributed by atoms with Gasteiger partial charge in [-0.25, -0.2) is 10.0 Å². The lowest BCUT2D eigenvalue weighted by Gasteiger charge is -2.35. The number of hydrogen-bond donors (Lipinski definition) is 1. The van der Waals surface area contributed by atoms with E-state index in [4.69, 9.17) is 0 Å². The largest absolute Gasteiger partial charge is 0.317 e. The summed E-state index contributed by atoms with van der Waals surface area (Å²) in [5.74, 6) is 1.68. The van der Waals surface area contributed by atoms with Crippen molar-refractivity contribution in [2.75, 3.05) is 33.2 Å². The zero-order chi connectivity index (χ0) is 10.8. The molecular weight excluding hydrogens is 186 g/mol. The van der Waals surface area contributed by atoms with Gasteiger partial charge in [0.2, 0.25) is 0 Å². The van der Waals surface area contributed by atoms with Gasteiger partial charge in [0.15, 0.2) is 0 Å². The smallest absolute Gasteiger partial charge is 0.0270 e. The van der Waals surface area contributed by atoms with E-state index in [0.717, 1.165) is 17.9 Å². The van der Waals surface area contributed by atoms with Gasteiger partial charge in [0.05, 0.1) is 0 Å². The van der Waals surface area contributed by atoms with Crippen LogP contribution in [0.2, 0.25) is 0 Å². The van der Waals surface area contributed by atoms with Crippen molar-refractivity contribution in [2.45, 2.75) is 32.7 Å². The Morgan fingerprint density at radius 3 is 2.33 bits per heavy atom. The maximum Gasteiger partial charge on any atom is 0.0270 e. The van der Waals surface area contributed by atoms with Crippen LogP contribution in [0.1, 0.15) is 26.7 Å². The molecule has 2 aliphatic rings. The predicted molar refractivity (Wildman–Crippen MR) is 63.6 cm³/mol. The molecule has 3 heteroatoms. The second-order valence-electron chi connectivity index (χ2n) is 5.45. The second kappa shape index (κ2) is 4.81. The normalized spacial score (nSPS) is 31.6. The molecule has 2 heterocycles. The van der Waals surface area contributed by atoms with Gasteiger partial charge in [-0.15, -0.1) is 0 Å². The number of piperidine rings is 1. The van der Waals surface area contributed by atoms with E-state index in [9.17, 15) is 0 Å². The number of hydrazine groups is 1.